The van der Waals surface area contributed by atoms with Gasteiger partial charge in [-0.25, -0.2) is 14.6 Å². The molecule has 2 aliphatic rings. The van der Waals surface area contributed by atoms with Gasteiger partial charge >= 0.3 is 0 Å². The maximum absolute atomic E-state index is 9.70. The van der Waals surface area contributed by atoms with Gasteiger partial charge in [0.15, 0.2) is 0 Å². The number of tetrazole rings is 1. The van der Waals surface area contributed by atoms with Gasteiger partial charge in [0, 0.05) is 57.2 Å². The average molecular weight is 732 g/mol. The van der Waals surface area contributed by atoms with E-state index in [-0.39, 0.29) is 12.1 Å². The summed E-state index contributed by atoms with van der Waals surface area (Å²) in [6, 6.07) is 8.48. The summed E-state index contributed by atoms with van der Waals surface area (Å²) in [4.78, 5) is 11.8. The van der Waals surface area contributed by atoms with E-state index in [1.807, 2.05) is 29.9 Å². The van der Waals surface area contributed by atoms with Crippen LogP contribution in [0.25, 0.3) is 11.1 Å². The Hall–Kier alpha value is -4.73. The molecule has 17 nitrogen and oxygen atoms in total. The molecule has 4 aromatic rings. The third-order valence-electron chi connectivity index (χ3n) is 9.27. The van der Waals surface area contributed by atoms with Crippen LogP contribution in [0.4, 0.5) is 11.6 Å². The third kappa shape index (κ3) is 11.1. The van der Waals surface area contributed by atoms with E-state index in [0.717, 1.165) is 63.1 Å². The van der Waals surface area contributed by atoms with Gasteiger partial charge in [-0.05, 0) is 60.7 Å². The summed E-state index contributed by atoms with van der Waals surface area (Å²) >= 11 is 0. The number of hydrogen-bond donors (Lipinski definition) is 1. The molecule has 4 heterocycles. The van der Waals surface area contributed by atoms with Gasteiger partial charge in [-0.3, -0.25) is 9.58 Å². The standard InChI is InChI=1S/C36H49N11O6/c1-27(24-46-26-40-43-44-46)53-34-20-28(4-5-29(34)21-37)30-22-38-36(39-23-30)41-33-25-47(32-8-6-31(7-9-32)45-10-14-50-15-11-45)42-35(33)52-13-3-12-49-18-19-51-17-16-48-2/h4-5,20,22-23,25-27,31-32H,3,6-19,24H2,1-2H3,(H,38,39,41)/t27-,31-,32-/m0/s1. The maximum Gasteiger partial charge on any atom is 0.256 e. The van der Waals surface area contributed by atoms with Crippen molar-refractivity contribution in [2.45, 2.75) is 63.8 Å². The first-order chi connectivity index (χ1) is 26.1. The Morgan fingerprint density at radius 3 is 2.45 bits per heavy atom. The van der Waals surface area contributed by atoms with Crippen molar-refractivity contribution in [2.75, 3.05) is 78.4 Å². The van der Waals surface area contributed by atoms with Crippen molar-refractivity contribution in [2.24, 2.45) is 0 Å². The van der Waals surface area contributed by atoms with Crippen molar-refractivity contribution in [1.82, 2.24) is 44.9 Å². The fourth-order valence-corrected chi connectivity index (χ4v) is 6.51. The molecule has 1 N–H and O–H groups in total. The van der Waals surface area contributed by atoms with E-state index in [0.29, 0.717) is 87.5 Å². The number of nitrogens with one attached hydrogen (secondary N) is 1. The molecule has 0 bridgehead atoms. The lowest BCUT2D eigenvalue weighted by Gasteiger charge is -2.38. The minimum Gasteiger partial charge on any atom is -0.487 e. The Kier molecular flexibility index (Phi) is 14.3. The van der Waals surface area contributed by atoms with Gasteiger partial charge in [-0.1, -0.05) is 6.07 Å². The van der Waals surface area contributed by atoms with E-state index in [4.69, 9.17) is 33.5 Å². The Morgan fingerprint density at radius 1 is 0.962 bits per heavy atom. The van der Waals surface area contributed by atoms with Gasteiger partial charge in [0.1, 0.15) is 29.9 Å². The molecule has 2 fully saturated rings. The SMILES string of the molecule is COCCOCCOCCCOc1nn([C@H]2CC[C@H](N3CCOCC3)CC2)cc1Nc1ncc(-c2ccc(C#N)c(O[C@@H](C)Cn3cnnn3)c2)cn1. The van der Waals surface area contributed by atoms with Gasteiger partial charge in [0.05, 0.1) is 70.6 Å². The summed E-state index contributed by atoms with van der Waals surface area (Å²) in [7, 11) is 1.65. The smallest absolute Gasteiger partial charge is 0.256 e. The molecule has 1 atom stereocenters. The number of aromatic nitrogens is 8. The quantitative estimate of drug-likeness (QED) is 0.130. The zero-order chi connectivity index (χ0) is 36.7. The predicted molar refractivity (Wildman–Crippen MR) is 193 cm³/mol. The summed E-state index contributed by atoms with van der Waals surface area (Å²) in [6.45, 7) is 9.13. The van der Waals surface area contributed by atoms with Crippen molar-refractivity contribution in [3.63, 3.8) is 0 Å². The molecule has 0 spiro atoms. The van der Waals surface area contributed by atoms with Gasteiger partial charge in [-0.2, -0.15) is 5.26 Å². The Bertz CT molecular complexity index is 1700. The molecule has 0 amide bonds. The lowest BCUT2D eigenvalue weighted by Crippen LogP contribution is -2.45. The molecule has 1 saturated carbocycles. The monoisotopic (exact) mass is 731 g/mol. The largest absolute Gasteiger partial charge is 0.487 e. The highest BCUT2D eigenvalue weighted by Crippen LogP contribution is 2.35. The summed E-state index contributed by atoms with van der Waals surface area (Å²) < 4.78 is 37.6. The molecule has 3 aromatic heterocycles. The normalized spacial score (nSPS) is 18.4. The van der Waals surface area contributed by atoms with Crippen LogP contribution in [-0.2, 0) is 25.5 Å². The lowest BCUT2D eigenvalue weighted by molar-refractivity contribution is 0.00502. The van der Waals surface area contributed by atoms with Crippen LogP contribution in [0.15, 0.2) is 43.1 Å². The number of nitriles is 1. The molecule has 17 heteroatoms. The zero-order valence-electron chi connectivity index (χ0n) is 30.5. The molecule has 0 radical (unpaired) electrons. The van der Waals surface area contributed by atoms with Crippen molar-refractivity contribution >= 4 is 11.6 Å². The fraction of sp³-hybridized carbons (Fsp3) is 0.583. The second-order valence-electron chi connectivity index (χ2n) is 13.1. The van der Waals surface area contributed by atoms with Crippen LogP contribution in [0, 0.1) is 11.3 Å². The molecule has 1 aliphatic heterocycles. The molecule has 1 aliphatic carbocycles. The molecule has 0 unspecified atom stereocenters. The number of rotatable bonds is 20. The van der Waals surface area contributed by atoms with E-state index in [2.05, 4.69) is 41.8 Å². The number of ether oxygens (including phenoxy) is 6. The molecule has 1 aromatic carbocycles. The van der Waals surface area contributed by atoms with Crippen LogP contribution in [0.5, 0.6) is 11.6 Å². The molecule has 53 heavy (non-hydrogen) atoms. The molecule has 6 rings (SSSR count). The van der Waals surface area contributed by atoms with Crippen molar-refractivity contribution in [1.29, 1.82) is 5.26 Å². The summed E-state index contributed by atoms with van der Waals surface area (Å²) in [5.41, 5.74) is 2.71. The number of anilines is 2. The van der Waals surface area contributed by atoms with E-state index in [1.165, 1.54) is 6.33 Å². The molecular formula is C36H49N11O6. The van der Waals surface area contributed by atoms with Crippen LogP contribution in [0.3, 0.4) is 0 Å². The summed E-state index contributed by atoms with van der Waals surface area (Å²) in [5, 5.41) is 29.1. The highest BCUT2D eigenvalue weighted by Gasteiger charge is 2.29. The van der Waals surface area contributed by atoms with Gasteiger partial charge in [-0.15, -0.1) is 10.2 Å². The van der Waals surface area contributed by atoms with E-state index < -0.39 is 0 Å². The number of morpholine rings is 1. The molecule has 284 valence electrons. The highest BCUT2D eigenvalue weighted by atomic mass is 16.5. The van der Waals surface area contributed by atoms with Crippen molar-refractivity contribution < 1.29 is 28.4 Å². The number of methoxy groups -OCH3 is 1. The van der Waals surface area contributed by atoms with E-state index in [1.54, 1.807) is 30.3 Å². The molecular weight excluding hydrogens is 682 g/mol. The number of hydrogen-bond acceptors (Lipinski definition) is 15. The second-order valence-corrected chi connectivity index (χ2v) is 13.1. The van der Waals surface area contributed by atoms with Crippen LogP contribution < -0.4 is 14.8 Å². The van der Waals surface area contributed by atoms with E-state index >= 15 is 0 Å². The highest BCUT2D eigenvalue weighted by molar-refractivity contribution is 5.67. The number of benzene rings is 1. The van der Waals surface area contributed by atoms with Gasteiger partial charge in [0.2, 0.25) is 5.95 Å². The van der Waals surface area contributed by atoms with Gasteiger partial charge < -0.3 is 33.7 Å². The average Bonchev–Trinajstić information content (AvgIpc) is 3.86. The first-order valence-electron chi connectivity index (χ1n) is 18.3. The third-order valence-corrected chi connectivity index (χ3v) is 9.27. The minimum absolute atomic E-state index is 0.276. The lowest BCUT2D eigenvalue weighted by atomic mass is 9.90. The fourth-order valence-electron chi connectivity index (χ4n) is 6.51. The summed E-state index contributed by atoms with van der Waals surface area (Å²) in [5.74, 6) is 1.37. The van der Waals surface area contributed by atoms with Crippen LogP contribution in [-0.4, -0.2) is 130 Å². The summed E-state index contributed by atoms with van der Waals surface area (Å²) in [6.07, 6.45) is 11.8. The maximum atomic E-state index is 9.70. The van der Waals surface area contributed by atoms with Crippen LogP contribution in [0.1, 0.15) is 50.6 Å². The first kappa shape index (κ1) is 38.0. The second kappa shape index (κ2) is 19.9. The predicted octanol–water partition coefficient (Wildman–Crippen LogP) is 3.67. The topological polar surface area (TPSA) is 182 Å². The van der Waals surface area contributed by atoms with E-state index in [9.17, 15) is 5.26 Å². The van der Waals surface area contributed by atoms with Crippen molar-refractivity contribution in [3.8, 4) is 28.8 Å². The zero-order valence-corrected chi connectivity index (χ0v) is 30.5. The van der Waals surface area contributed by atoms with Gasteiger partial charge in [0.25, 0.3) is 5.88 Å². The first-order valence-corrected chi connectivity index (χ1v) is 18.3. The minimum atomic E-state index is -0.279. The number of nitrogens with zero attached hydrogens (tertiary/aromatic N) is 10. The van der Waals surface area contributed by atoms with Crippen LogP contribution in [0.2, 0.25) is 0 Å². The molecule has 1 saturated heterocycles. The Labute approximate surface area is 309 Å². The van der Waals surface area contributed by atoms with Crippen LogP contribution >= 0.6 is 0 Å². The van der Waals surface area contributed by atoms with Crippen molar-refractivity contribution in [3.05, 3.63) is 48.7 Å². The Balaban J connectivity index is 1.09. The Morgan fingerprint density at radius 2 is 1.72 bits per heavy atom.